The third-order valence-corrected chi connectivity index (χ3v) is 4.18. The molecule has 1 aromatic carbocycles. The lowest BCUT2D eigenvalue weighted by Crippen LogP contribution is -2.18. The maximum absolute atomic E-state index is 12.5. The fourth-order valence-corrected chi connectivity index (χ4v) is 2.86. The first kappa shape index (κ1) is 13.4. The molecule has 0 spiro atoms. The Kier molecular flexibility index (Phi) is 3.15. The largest absolute Gasteiger partial charge is 0.491 e. The number of aliphatic hydroxyl groups is 1. The number of anilines is 1. The Labute approximate surface area is 127 Å². The van der Waals surface area contributed by atoms with E-state index in [4.69, 9.17) is 9.15 Å². The van der Waals surface area contributed by atoms with Gasteiger partial charge in [-0.2, -0.15) is 0 Å². The molecule has 22 heavy (non-hydrogen) atoms. The zero-order valence-electron chi connectivity index (χ0n) is 12.0. The summed E-state index contributed by atoms with van der Waals surface area (Å²) in [6, 6.07) is 7.12. The summed E-state index contributed by atoms with van der Waals surface area (Å²) in [6.07, 6.45) is 3.73. The molecule has 1 aliphatic heterocycles. The van der Waals surface area contributed by atoms with Crippen LogP contribution in [0.15, 0.2) is 34.9 Å². The molecule has 0 unspecified atom stereocenters. The Morgan fingerprint density at radius 3 is 2.91 bits per heavy atom. The molecule has 114 valence electrons. The van der Waals surface area contributed by atoms with Gasteiger partial charge in [0.1, 0.15) is 11.5 Å². The van der Waals surface area contributed by atoms with Crippen LogP contribution >= 0.6 is 0 Å². The van der Waals surface area contributed by atoms with E-state index in [-0.39, 0.29) is 5.91 Å². The van der Waals surface area contributed by atoms with Crippen molar-refractivity contribution in [2.45, 2.75) is 31.3 Å². The number of hydrogen-bond acceptors (Lipinski definition) is 4. The van der Waals surface area contributed by atoms with Crippen LogP contribution in [0.4, 0.5) is 5.69 Å². The molecule has 0 radical (unpaired) electrons. The molecule has 2 aromatic rings. The Hall–Kier alpha value is -2.27. The van der Waals surface area contributed by atoms with E-state index in [1.54, 1.807) is 18.4 Å². The van der Waals surface area contributed by atoms with Gasteiger partial charge in [-0.25, -0.2) is 0 Å². The molecule has 1 saturated carbocycles. The van der Waals surface area contributed by atoms with Crippen molar-refractivity contribution in [2.75, 3.05) is 11.9 Å². The van der Waals surface area contributed by atoms with E-state index in [0.29, 0.717) is 35.9 Å². The topological polar surface area (TPSA) is 71.7 Å². The molecular formula is C17H17NO4. The normalized spacial score (nSPS) is 20.1. The molecule has 1 fully saturated rings. The van der Waals surface area contributed by atoms with E-state index in [9.17, 15) is 9.90 Å². The fourth-order valence-electron chi connectivity index (χ4n) is 2.86. The van der Waals surface area contributed by atoms with Gasteiger partial charge in [0, 0.05) is 17.9 Å². The summed E-state index contributed by atoms with van der Waals surface area (Å²) in [5.41, 5.74) is 1.89. The molecule has 2 N–H and O–H groups in total. The summed E-state index contributed by atoms with van der Waals surface area (Å²) in [5, 5.41) is 12.9. The van der Waals surface area contributed by atoms with Crippen LogP contribution in [0.3, 0.4) is 0 Å². The molecule has 1 atom stereocenters. The van der Waals surface area contributed by atoms with Crippen LogP contribution in [0.5, 0.6) is 5.75 Å². The standard InChI is InChI=1S/C17H17NO4/c19-14-7-9-22-16-11(14)2-1-3-13(16)18-17(20)12-6-8-21-15(12)10-4-5-10/h1-3,6,8,10,14,19H,4-5,7,9H2,(H,18,20)/t14-/m1/s1. The van der Waals surface area contributed by atoms with Gasteiger partial charge in [-0.3, -0.25) is 4.79 Å². The summed E-state index contributed by atoms with van der Waals surface area (Å²) in [6.45, 7) is 0.445. The number of nitrogens with one attached hydrogen (secondary N) is 1. The van der Waals surface area contributed by atoms with Crippen LogP contribution in [0, 0.1) is 0 Å². The van der Waals surface area contributed by atoms with Crippen molar-refractivity contribution in [1.82, 2.24) is 0 Å². The van der Waals surface area contributed by atoms with Gasteiger partial charge < -0.3 is 19.6 Å². The molecule has 2 heterocycles. The van der Waals surface area contributed by atoms with Gasteiger partial charge in [0.05, 0.1) is 30.2 Å². The molecule has 1 amide bonds. The third-order valence-electron chi connectivity index (χ3n) is 4.18. The predicted molar refractivity (Wildman–Crippen MR) is 80.2 cm³/mol. The Balaban J connectivity index is 1.62. The summed E-state index contributed by atoms with van der Waals surface area (Å²) >= 11 is 0. The number of furan rings is 1. The maximum Gasteiger partial charge on any atom is 0.259 e. The fraction of sp³-hybridized carbons (Fsp3) is 0.353. The molecule has 1 aliphatic carbocycles. The minimum Gasteiger partial charge on any atom is -0.491 e. The quantitative estimate of drug-likeness (QED) is 0.912. The van der Waals surface area contributed by atoms with Crippen LogP contribution in [0.1, 0.15) is 53.0 Å². The smallest absolute Gasteiger partial charge is 0.259 e. The summed E-state index contributed by atoms with van der Waals surface area (Å²) < 4.78 is 11.1. The molecule has 5 nitrogen and oxygen atoms in total. The summed E-state index contributed by atoms with van der Waals surface area (Å²) in [4.78, 5) is 12.5. The van der Waals surface area contributed by atoms with E-state index in [1.807, 2.05) is 12.1 Å². The number of amides is 1. The second-order valence-corrected chi connectivity index (χ2v) is 5.80. The first-order valence-electron chi connectivity index (χ1n) is 7.56. The Morgan fingerprint density at radius 2 is 2.09 bits per heavy atom. The second-order valence-electron chi connectivity index (χ2n) is 5.80. The number of hydrogen-bond donors (Lipinski definition) is 2. The number of benzene rings is 1. The van der Waals surface area contributed by atoms with Crippen molar-refractivity contribution in [3.63, 3.8) is 0 Å². The molecule has 1 aromatic heterocycles. The zero-order chi connectivity index (χ0) is 15.1. The highest BCUT2D eigenvalue weighted by Gasteiger charge is 2.31. The van der Waals surface area contributed by atoms with Crippen molar-refractivity contribution in [1.29, 1.82) is 0 Å². The van der Waals surface area contributed by atoms with Crippen molar-refractivity contribution in [3.05, 3.63) is 47.4 Å². The lowest BCUT2D eigenvalue weighted by Gasteiger charge is -2.24. The lowest BCUT2D eigenvalue weighted by atomic mass is 10.0. The van der Waals surface area contributed by atoms with E-state index < -0.39 is 6.10 Å². The van der Waals surface area contributed by atoms with Gasteiger partial charge in [-0.15, -0.1) is 0 Å². The van der Waals surface area contributed by atoms with Gasteiger partial charge in [0.15, 0.2) is 0 Å². The van der Waals surface area contributed by atoms with Crippen LogP contribution in [0.25, 0.3) is 0 Å². The van der Waals surface area contributed by atoms with E-state index in [2.05, 4.69) is 5.32 Å². The highest BCUT2D eigenvalue weighted by molar-refractivity contribution is 6.06. The number of carbonyl (C=O) groups excluding carboxylic acids is 1. The van der Waals surface area contributed by atoms with Crippen molar-refractivity contribution < 1.29 is 19.1 Å². The van der Waals surface area contributed by atoms with Crippen LogP contribution in [0.2, 0.25) is 0 Å². The molecule has 4 rings (SSSR count). The maximum atomic E-state index is 12.5. The number of aliphatic hydroxyl groups excluding tert-OH is 1. The molecule has 0 saturated heterocycles. The predicted octanol–water partition coefficient (Wildman–Crippen LogP) is 3.23. The number of para-hydroxylation sites is 1. The van der Waals surface area contributed by atoms with E-state index >= 15 is 0 Å². The SMILES string of the molecule is O=C(Nc1cccc2c1OCC[C@H]2O)c1ccoc1C1CC1. The monoisotopic (exact) mass is 299 g/mol. The first-order chi connectivity index (χ1) is 10.7. The second kappa shape index (κ2) is 5.18. The zero-order valence-corrected chi connectivity index (χ0v) is 12.0. The van der Waals surface area contributed by atoms with Crippen LogP contribution in [-0.2, 0) is 0 Å². The van der Waals surface area contributed by atoms with E-state index in [0.717, 1.165) is 24.2 Å². The molecular weight excluding hydrogens is 282 g/mol. The average molecular weight is 299 g/mol. The highest BCUT2D eigenvalue weighted by Crippen LogP contribution is 2.43. The lowest BCUT2D eigenvalue weighted by molar-refractivity contribution is 0.101. The van der Waals surface area contributed by atoms with Gasteiger partial charge in [-0.05, 0) is 25.0 Å². The highest BCUT2D eigenvalue weighted by atomic mass is 16.5. The first-order valence-corrected chi connectivity index (χ1v) is 7.56. The third kappa shape index (κ3) is 2.27. The van der Waals surface area contributed by atoms with Crippen molar-refractivity contribution in [3.8, 4) is 5.75 Å². The Bertz CT molecular complexity index is 717. The van der Waals surface area contributed by atoms with Crippen LogP contribution in [-0.4, -0.2) is 17.6 Å². The number of carbonyl (C=O) groups is 1. The Morgan fingerprint density at radius 1 is 1.23 bits per heavy atom. The van der Waals surface area contributed by atoms with Gasteiger partial charge >= 0.3 is 0 Å². The summed E-state index contributed by atoms with van der Waals surface area (Å²) in [7, 11) is 0. The number of fused-ring (bicyclic) bond motifs is 1. The summed E-state index contributed by atoms with van der Waals surface area (Å²) in [5.74, 6) is 1.50. The van der Waals surface area contributed by atoms with Gasteiger partial charge in [0.2, 0.25) is 0 Å². The molecule has 2 aliphatic rings. The van der Waals surface area contributed by atoms with Crippen molar-refractivity contribution in [2.24, 2.45) is 0 Å². The van der Waals surface area contributed by atoms with Crippen LogP contribution < -0.4 is 10.1 Å². The molecule has 5 heteroatoms. The van der Waals surface area contributed by atoms with Gasteiger partial charge in [-0.1, -0.05) is 12.1 Å². The minimum atomic E-state index is -0.545. The number of rotatable bonds is 3. The average Bonchev–Trinajstić information content (AvgIpc) is 3.25. The van der Waals surface area contributed by atoms with E-state index in [1.165, 1.54) is 0 Å². The molecule has 0 bridgehead atoms. The van der Waals surface area contributed by atoms with Crippen molar-refractivity contribution >= 4 is 11.6 Å². The van der Waals surface area contributed by atoms with Gasteiger partial charge in [0.25, 0.3) is 5.91 Å². The minimum absolute atomic E-state index is 0.201. The number of ether oxygens (including phenoxy) is 1.